The van der Waals surface area contributed by atoms with Crippen LogP contribution in [-0.2, 0) is 11.3 Å². The van der Waals surface area contributed by atoms with Gasteiger partial charge in [0, 0.05) is 19.1 Å². The number of rotatable bonds is 6. The molecule has 1 aromatic carbocycles. The van der Waals surface area contributed by atoms with Crippen molar-refractivity contribution in [3.8, 4) is 0 Å². The van der Waals surface area contributed by atoms with Gasteiger partial charge in [0.05, 0.1) is 5.41 Å². The van der Waals surface area contributed by atoms with Crippen LogP contribution in [-0.4, -0.2) is 23.4 Å². The highest BCUT2D eigenvalue weighted by Crippen LogP contribution is 2.33. The van der Waals surface area contributed by atoms with Gasteiger partial charge in [-0.3, -0.25) is 4.79 Å². The highest BCUT2D eigenvalue weighted by Gasteiger charge is 2.40. The lowest BCUT2D eigenvalue weighted by Gasteiger charge is -2.33. The lowest BCUT2D eigenvalue weighted by molar-refractivity contribution is -0.142. The Labute approximate surface area is 120 Å². The first-order valence-electron chi connectivity index (χ1n) is 7.26. The largest absolute Gasteiger partial charge is 0.335 e. The third kappa shape index (κ3) is 3.18. The Morgan fingerprint density at radius 1 is 1.50 bits per heavy atom. The summed E-state index contributed by atoms with van der Waals surface area (Å²) in [6, 6.07) is 6.75. The minimum Gasteiger partial charge on any atom is -0.335 e. The van der Waals surface area contributed by atoms with Crippen molar-refractivity contribution in [3.05, 3.63) is 35.6 Å². The summed E-state index contributed by atoms with van der Waals surface area (Å²) in [5.74, 6) is -0.169. The summed E-state index contributed by atoms with van der Waals surface area (Å²) in [5.41, 5.74) is 6.10. The predicted octanol–water partition coefficient (Wildman–Crippen LogP) is 2.69. The lowest BCUT2D eigenvalue weighted by atomic mass is 9.85. The number of hydrogen-bond acceptors (Lipinski definition) is 2. The molecule has 0 radical (unpaired) electrons. The van der Waals surface area contributed by atoms with Crippen molar-refractivity contribution in [1.29, 1.82) is 0 Å². The summed E-state index contributed by atoms with van der Waals surface area (Å²) in [5, 5.41) is 0. The zero-order chi connectivity index (χ0) is 14.8. The maximum absolute atomic E-state index is 13.3. The first-order chi connectivity index (χ1) is 9.50. The van der Waals surface area contributed by atoms with E-state index in [1.54, 1.807) is 6.07 Å². The summed E-state index contributed by atoms with van der Waals surface area (Å²) in [7, 11) is 0. The fourth-order valence-electron chi connectivity index (χ4n) is 2.31. The van der Waals surface area contributed by atoms with Crippen LogP contribution in [0.2, 0.25) is 0 Å². The van der Waals surface area contributed by atoms with Gasteiger partial charge in [-0.25, -0.2) is 4.39 Å². The number of carbonyl (C=O) groups is 1. The molecule has 0 aromatic heterocycles. The second-order valence-corrected chi connectivity index (χ2v) is 5.91. The van der Waals surface area contributed by atoms with Crippen molar-refractivity contribution in [3.63, 3.8) is 0 Å². The van der Waals surface area contributed by atoms with Gasteiger partial charge in [-0.1, -0.05) is 19.1 Å². The predicted molar refractivity (Wildman–Crippen MR) is 77.4 cm³/mol. The molecule has 1 atom stereocenters. The highest BCUT2D eigenvalue weighted by molar-refractivity contribution is 5.83. The van der Waals surface area contributed by atoms with Crippen molar-refractivity contribution >= 4 is 5.91 Å². The van der Waals surface area contributed by atoms with Crippen LogP contribution in [0.3, 0.4) is 0 Å². The molecular formula is C16H23FN2O. The number of halogens is 1. The maximum atomic E-state index is 13.3. The number of amides is 1. The molecule has 1 unspecified atom stereocenters. The number of nitrogens with two attached hydrogens (primary N) is 1. The second-order valence-electron chi connectivity index (χ2n) is 5.91. The van der Waals surface area contributed by atoms with E-state index in [1.165, 1.54) is 12.1 Å². The van der Waals surface area contributed by atoms with E-state index in [4.69, 9.17) is 5.73 Å². The Hall–Kier alpha value is -1.42. The van der Waals surface area contributed by atoms with Gasteiger partial charge >= 0.3 is 0 Å². The third-order valence-electron chi connectivity index (χ3n) is 4.24. The molecule has 4 heteroatoms. The number of nitrogens with zero attached hydrogens (tertiary/aromatic N) is 1. The Morgan fingerprint density at radius 3 is 2.70 bits per heavy atom. The third-order valence-corrected chi connectivity index (χ3v) is 4.24. The van der Waals surface area contributed by atoms with Crippen molar-refractivity contribution in [2.75, 3.05) is 6.54 Å². The molecule has 20 heavy (non-hydrogen) atoms. The molecule has 1 aliphatic carbocycles. The van der Waals surface area contributed by atoms with Crippen molar-refractivity contribution in [2.24, 2.45) is 11.1 Å². The molecule has 1 aromatic rings. The molecule has 3 nitrogen and oxygen atoms in total. The normalized spacial score (nSPS) is 17.6. The van der Waals surface area contributed by atoms with Crippen LogP contribution in [0.1, 0.15) is 38.7 Å². The van der Waals surface area contributed by atoms with Gasteiger partial charge in [0.25, 0.3) is 0 Å². The standard InChI is InChI=1S/C16H23FN2O/c1-3-16(2,11-18)15(20)19(14-7-8-14)10-12-5-4-6-13(17)9-12/h4-6,9,14H,3,7-8,10-11,18H2,1-2H3. The van der Waals surface area contributed by atoms with Crippen LogP contribution in [0.15, 0.2) is 24.3 Å². The van der Waals surface area contributed by atoms with Crippen LogP contribution in [0.4, 0.5) is 4.39 Å². The summed E-state index contributed by atoms with van der Waals surface area (Å²) in [4.78, 5) is 14.6. The molecule has 0 aliphatic heterocycles. The van der Waals surface area contributed by atoms with Crippen LogP contribution in [0, 0.1) is 11.2 Å². The molecule has 2 rings (SSSR count). The van der Waals surface area contributed by atoms with Gasteiger partial charge < -0.3 is 10.6 Å². The molecule has 0 heterocycles. The average molecular weight is 278 g/mol. The van der Waals surface area contributed by atoms with Crippen molar-refractivity contribution < 1.29 is 9.18 Å². The zero-order valence-electron chi connectivity index (χ0n) is 12.2. The van der Waals surface area contributed by atoms with Crippen molar-refractivity contribution in [2.45, 2.75) is 45.7 Å². The minimum absolute atomic E-state index is 0.0919. The Bertz CT molecular complexity index is 481. The van der Waals surface area contributed by atoms with E-state index in [0.29, 0.717) is 25.6 Å². The highest BCUT2D eigenvalue weighted by atomic mass is 19.1. The fraction of sp³-hybridized carbons (Fsp3) is 0.562. The Morgan fingerprint density at radius 2 is 2.20 bits per heavy atom. The minimum atomic E-state index is -0.518. The zero-order valence-corrected chi connectivity index (χ0v) is 12.2. The molecule has 1 fully saturated rings. The van der Waals surface area contributed by atoms with Crippen LogP contribution in [0.5, 0.6) is 0 Å². The van der Waals surface area contributed by atoms with E-state index in [2.05, 4.69) is 0 Å². The Balaban J connectivity index is 2.17. The molecule has 110 valence electrons. The average Bonchev–Trinajstić information content (AvgIpc) is 3.28. The van der Waals surface area contributed by atoms with E-state index in [0.717, 1.165) is 18.4 Å². The van der Waals surface area contributed by atoms with Crippen LogP contribution >= 0.6 is 0 Å². The SMILES string of the molecule is CCC(C)(CN)C(=O)N(Cc1cccc(F)c1)C1CC1. The molecule has 0 saturated heterocycles. The monoisotopic (exact) mass is 278 g/mol. The summed E-state index contributed by atoms with van der Waals surface area (Å²) < 4.78 is 13.3. The lowest BCUT2D eigenvalue weighted by Crippen LogP contribution is -2.46. The summed E-state index contributed by atoms with van der Waals surface area (Å²) in [6.07, 6.45) is 2.78. The topological polar surface area (TPSA) is 46.3 Å². The quantitative estimate of drug-likeness (QED) is 0.869. The van der Waals surface area contributed by atoms with Gasteiger partial charge in [0.2, 0.25) is 5.91 Å². The molecule has 0 bridgehead atoms. The first-order valence-corrected chi connectivity index (χ1v) is 7.26. The molecule has 0 spiro atoms. The summed E-state index contributed by atoms with van der Waals surface area (Å²) >= 11 is 0. The fourth-order valence-corrected chi connectivity index (χ4v) is 2.31. The number of benzene rings is 1. The van der Waals surface area contributed by atoms with Crippen LogP contribution in [0.25, 0.3) is 0 Å². The van der Waals surface area contributed by atoms with E-state index >= 15 is 0 Å². The van der Waals surface area contributed by atoms with Gasteiger partial charge in [-0.2, -0.15) is 0 Å². The number of hydrogen-bond donors (Lipinski definition) is 1. The molecule has 1 saturated carbocycles. The van der Waals surface area contributed by atoms with Gasteiger partial charge in [0.1, 0.15) is 5.82 Å². The van der Waals surface area contributed by atoms with E-state index in [-0.39, 0.29) is 11.7 Å². The summed E-state index contributed by atoms with van der Waals surface area (Å²) in [6.45, 7) is 4.71. The van der Waals surface area contributed by atoms with E-state index in [1.807, 2.05) is 24.8 Å². The first kappa shape index (κ1) is 15.0. The molecule has 1 amide bonds. The van der Waals surface area contributed by atoms with Gasteiger partial charge in [-0.05, 0) is 43.9 Å². The van der Waals surface area contributed by atoms with E-state index < -0.39 is 5.41 Å². The Kier molecular flexibility index (Phi) is 4.43. The second kappa shape index (κ2) is 5.92. The molecular weight excluding hydrogens is 255 g/mol. The smallest absolute Gasteiger partial charge is 0.230 e. The van der Waals surface area contributed by atoms with Crippen LogP contribution < -0.4 is 5.73 Å². The van der Waals surface area contributed by atoms with Gasteiger partial charge in [0.15, 0.2) is 0 Å². The van der Waals surface area contributed by atoms with Crippen molar-refractivity contribution in [1.82, 2.24) is 4.90 Å². The van der Waals surface area contributed by atoms with Gasteiger partial charge in [-0.15, -0.1) is 0 Å². The maximum Gasteiger partial charge on any atom is 0.230 e. The number of carbonyl (C=O) groups excluding carboxylic acids is 1. The molecule has 1 aliphatic rings. The molecule has 2 N–H and O–H groups in total. The van der Waals surface area contributed by atoms with E-state index in [9.17, 15) is 9.18 Å².